The number of hydrogen-bond acceptors (Lipinski definition) is 4. The molecule has 0 fully saturated rings. The maximum absolute atomic E-state index is 12.2. The van der Waals surface area contributed by atoms with E-state index in [0.717, 1.165) is 5.56 Å². The fourth-order valence-corrected chi connectivity index (χ4v) is 3.19. The highest BCUT2D eigenvalue weighted by Crippen LogP contribution is 2.11. The number of H-pyrrole nitrogens is 1. The van der Waals surface area contributed by atoms with E-state index in [1.54, 1.807) is 54.7 Å². The van der Waals surface area contributed by atoms with Gasteiger partial charge in [0, 0.05) is 24.4 Å². The molecule has 2 aromatic carbocycles. The topological polar surface area (TPSA) is 104 Å². The van der Waals surface area contributed by atoms with Crippen molar-refractivity contribution in [3.63, 3.8) is 0 Å². The summed E-state index contributed by atoms with van der Waals surface area (Å²) >= 11 is 0. The molecule has 0 bridgehead atoms. The first kappa shape index (κ1) is 16.9. The third-order valence-corrected chi connectivity index (χ3v) is 4.90. The summed E-state index contributed by atoms with van der Waals surface area (Å²) < 4.78 is 26.9. The van der Waals surface area contributed by atoms with Crippen molar-refractivity contribution in [1.82, 2.24) is 14.9 Å². The van der Waals surface area contributed by atoms with E-state index >= 15 is 0 Å². The van der Waals surface area contributed by atoms with Gasteiger partial charge < -0.3 is 5.32 Å². The number of anilines is 1. The first-order chi connectivity index (χ1) is 12.0. The van der Waals surface area contributed by atoms with Crippen LogP contribution in [0, 0.1) is 0 Å². The molecular formula is C17H16N4O3S. The number of rotatable bonds is 6. The Kier molecular flexibility index (Phi) is 4.92. The van der Waals surface area contributed by atoms with Crippen molar-refractivity contribution in [3.05, 3.63) is 78.0 Å². The first-order valence-corrected chi connectivity index (χ1v) is 8.98. The van der Waals surface area contributed by atoms with E-state index in [9.17, 15) is 13.2 Å². The number of sulfonamides is 1. The van der Waals surface area contributed by atoms with Crippen molar-refractivity contribution in [2.45, 2.75) is 11.4 Å². The minimum atomic E-state index is -3.56. The van der Waals surface area contributed by atoms with E-state index in [4.69, 9.17) is 0 Å². The Morgan fingerprint density at radius 1 is 1.00 bits per heavy atom. The SMILES string of the molecule is O=C(Nc1cc[nH]n1)c1ccc(CNS(=O)(=O)c2ccccc2)cc1. The zero-order valence-corrected chi connectivity index (χ0v) is 14.0. The Bertz CT molecular complexity index is 937. The second kappa shape index (κ2) is 7.29. The van der Waals surface area contributed by atoms with Crippen LogP contribution in [-0.4, -0.2) is 24.5 Å². The van der Waals surface area contributed by atoms with E-state index in [0.29, 0.717) is 11.4 Å². The molecule has 8 heteroatoms. The van der Waals surface area contributed by atoms with Crippen molar-refractivity contribution in [1.29, 1.82) is 0 Å². The predicted octanol–water partition coefficient (Wildman–Crippen LogP) is 2.14. The Morgan fingerprint density at radius 3 is 2.36 bits per heavy atom. The number of benzene rings is 2. The molecular weight excluding hydrogens is 340 g/mol. The van der Waals surface area contributed by atoms with Gasteiger partial charge in [0.2, 0.25) is 10.0 Å². The molecule has 0 saturated carbocycles. The van der Waals surface area contributed by atoms with Crippen LogP contribution in [0.2, 0.25) is 0 Å². The summed E-state index contributed by atoms with van der Waals surface area (Å²) in [5.74, 6) is 0.146. The summed E-state index contributed by atoms with van der Waals surface area (Å²) in [7, 11) is -3.56. The number of nitrogens with one attached hydrogen (secondary N) is 3. The summed E-state index contributed by atoms with van der Waals surface area (Å²) in [4.78, 5) is 12.3. The van der Waals surface area contributed by atoms with Crippen LogP contribution >= 0.6 is 0 Å². The van der Waals surface area contributed by atoms with Gasteiger partial charge in [-0.25, -0.2) is 13.1 Å². The van der Waals surface area contributed by atoms with Gasteiger partial charge in [0.1, 0.15) is 0 Å². The lowest BCUT2D eigenvalue weighted by Gasteiger charge is -2.07. The predicted molar refractivity (Wildman–Crippen MR) is 93.5 cm³/mol. The lowest BCUT2D eigenvalue weighted by molar-refractivity contribution is 0.102. The normalized spacial score (nSPS) is 11.2. The third-order valence-electron chi connectivity index (χ3n) is 3.48. The van der Waals surface area contributed by atoms with E-state index in [2.05, 4.69) is 20.2 Å². The quantitative estimate of drug-likeness (QED) is 0.629. The van der Waals surface area contributed by atoms with Crippen molar-refractivity contribution in [2.75, 3.05) is 5.32 Å². The molecule has 0 atom stereocenters. The molecule has 3 aromatic rings. The van der Waals surface area contributed by atoms with Crippen LogP contribution in [0.1, 0.15) is 15.9 Å². The summed E-state index contributed by atoms with van der Waals surface area (Å²) in [5.41, 5.74) is 1.20. The van der Waals surface area contributed by atoms with Crippen LogP contribution in [0.4, 0.5) is 5.82 Å². The number of aromatic amines is 1. The van der Waals surface area contributed by atoms with E-state index < -0.39 is 10.0 Å². The number of hydrogen-bond donors (Lipinski definition) is 3. The maximum atomic E-state index is 12.2. The number of amides is 1. The van der Waals surface area contributed by atoms with Crippen LogP contribution in [0.15, 0.2) is 71.8 Å². The molecule has 1 heterocycles. The molecule has 1 aromatic heterocycles. The van der Waals surface area contributed by atoms with Gasteiger partial charge in [0.15, 0.2) is 5.82 Å². The lowest BCUT2D eigenvalue weighted by Crippen LogP contribution is -2.23. The van der Waals surface area contributed by atoms with Gasteiger partial charge >= 0.3 is 0 Å². The molecule has 0 aliphatic rings. The molecule has 0 aliphatic carbocycles. The highest BCUT2D eigenvalue weighted by Gasteiger charge is 2.13. The lowest BCUT2D eigenvalue weighted by atomic mass is 10.1. The zero-order chi connectivity index (χ0) is 17.7. The fraction of sp³-hybridized carbons (Fsp3) is 0.0588. The molecule has 0 spiro atoms. The Hall–Kier alpha value is -2.97. The monoisotopic (exact) mass is 356 g/mol. The zero-order valence-electron chi connectivity index (χ0n) is 13.1. The van der Waals surface area contributed by atoms with Crippen molar-refractivity contribution in [2.24, 2.45) is 0 Å². The third kappa shape index (κ3) is 4.31. The second-order valence-corrected chi connectivity index (χ2v) is 7.02. The standard InChI is InChI=1S/C17H16N4O3S/c22-17(20-16-10-11-18-21-16)14-8-6-13(7-9-14)12-19-25(23,24)15-4-2-1-3-5-15/h1-11,19H,12H2,(H2,18,20,21,22). The molecule has 128 valence electrons. The van der Waals surface area contributed by atoms with Crippen LogP contribution in [0.3, 0.4) is 0 Å². The van der Waals surface area contributed by atoms with E-state index in [1.165, 1.54) is 12.1 Å². The number of carbonyl (C=O) groups is 1. The largest absolute Gasteiger partial charge is 0.305 e. The number of nitrogens with zero attached hydrogens (tertiary/aromatic N) is 1. The fourth-order valence-electron chi connectivity index (χ4n) is 2.15. The molecule has 7 nitrogen and oxygen atoms in total. The van der Waals surface area contributed by atoms with Gasteiger partial charge in [0.25, 0.3) is 5.91 Å². The highest BCUT2D eigenvalue weighted by atomic mass is 32.2. The molecule has 0 unspecified atom stereocenters. The van der Waals surface area contributed by atoms with E-state index in [-0.39, 0.29) is 17.3 Å². The first-order valence-electron chi connectivity index (χ1n) is 7.49. The average Bonchev–Trinajstić information content (AvgIpc) is 3.14. The number of aromatic nitrogens is 2. The summed E-state index contributed by atoms with van der Waals surface area (Å²) in [5, 5.41) is 9.10. The Labute approximate surface area is 145 Å². The maximum Gasteiger partial charge on any atom is 0.256 e. The van der Waals surface area contributed by atoms with Gasteiger partial charge in [-0.05, 0) is 29.8 Å². The van der Waals surface area contributed by atoms with Crippen molar-refractivity contribution >= 4 is 21.7 Å². The van der Waals surface area contributed by atoms with Crippen LogP contribution < -0.4 is 10.0 Å². The Balaban J connectivity index is 1.62. The smallest absolute Gasteiger partial charge is 0.256 e. The minimum absolute atomic E-state index is 0.137. The molecule has 1 amide bonds. The van der Waals surface area contributed by atoms with Gasteiger partial charge in [-0.2, -0.15) is 5.10 Å². The summed E-state index contributed by atoms with van der Waals surface area (Å²) in [6.45, 7) is 0.137. The van der Waals surface area contributed by atoms with Crippen LogP contribution in [-0.2, 0) is 16.6 Å². The molecule has 0 radical (unpaired) electrons. The molecule has 25 heavy (non-hydrogen) atoms. The van der Waals surface area contributed by atoms with Gasteiger partial charge in [-0.3, -0.25) is 9.89 Å². The average molecular weight is 356 g/mol. The van der Waals surface area contributed by atoms with Crippen molar-refractivity contribution in [3.8, 4) is 0 Å². The van der Waals surface area contributed by atoms with Crippen LogP contribution in [0.25, 0.3) is 0 Å². The second-order valence-electron chi connectivity index (χ2n) is 5.25. The van der Waals surface area contributed by atoms with Crippen molar-refractivity contribution < 1.29 is 13.2 Å². The van der Waals surface area contributed by atoms with E-state index in [1.807, 2.05) is 0 Å². The number of carbonyl (C=O) groups excluding carboxylic acids is 1. The molecule has 0 saturated heterocycles. The van der Waals surface area contributed by atoms with Gasteiger partial charge in [-0.15, -0.1) is 0 Å². The highest BCUT2D eigenvalue weighted by molar-refractivity contribution is 7.89. The molecule has 3 rings (SSSR count). The van der Waals surface area contributed by atoms with Gasteiger partial charge in [0.05, 0.1) is 4.90 Å². The molecule has 0 aliphatic heterocycles. The Morgan fingerprint density at radius 2 is 1.72 bits per heavy atom. The minimum Gasteiger partial charge on any atom is -0.305 e. The van der Waals surface area contributed by atoms with Gasteiger partial charge in [-0.1, -0.05) is 30.3 Å². The summed E-state index contributed by atoms with van der Waals surface area (Å²) in [6.07, 6.45) is 1.61. The summed E-state index contributed by atoms with van der Waals surface area (Å²) in [6, 6.07) is 16.5. The van der Waals surface area contributed by atoms with Crippen LogP contribution in [0.5, 0.6) is 0 Å². The molecule has 3 N–H and O–H groups in total.